The molecular weight excluding hydrogens is 751 g/mol. The molecule has 9 atom stereocenters. The molecule has 10 nitrogen and oxygen atoms in total. The molecule has 5 aliphatic carbocycles. The quantitative estimate of drug-likeness (QED) is 0.163. The summed E-state index contributed by atoms with van der Waals surface area (Å²) in [6.07, 6.45) is 12.8. The average molecular weight is 821 g/mol. The van der Waals surface area contributed by atoms with Crippen LogP contribution in [0.2, 0.25) is 0 Å². The van der Waals surface area contributed by atoms with E-state index in [-0.39, 0.29) is 63.2 Å². The number of carbonyl (C=O) groups is 4. The predicted octanol–water partition coefficient (Wildman–Crippen LogP) is 8.22. The number of quaternary nitrogens is 1. The van der Waals surface area contributed by atoms with Crippen LogP contribution < -0.4 is 4.90 Å². The standard InChI is InChI=1S/C50H70N5O5/c1-10-55(11-2)31-54-38-15-13-12-14-34(38)30-36(43(54)51-55)44(58)52-26-28-53(29-27-52)45(59)50-23-18-35(32(3)56)42(50)37-16-17-40-47(7)21-20-41(60-33(4)57)46(5,6)39(47)19-22-49(40,9)48(37,8)24-25-50/h12-16,30,35,39-42H,10-11,17-29,31H2,1-9H3/q+1/t35-,39-,40+,41-,42+,47-,48+,49+,50-/m0/s1. The number of piperazine rings is 1. The molecule has 9 rings (SSSR count). The largest absolute Gasteiger partial charge is 0.462 e. The van der Waals surface area contributed by atoms with E-state index in [9.17, 15) is 14.4 Å². The number of esters is 1. The van der Waals surface area contributed by atoms with Crippen LogP contribution in [0.4, 0.5) is 5.69 Å². The summed E-state index contributed by atoms with van der Waals surface area (Å²) in [5.41, 5.74) is 3.45. The summed E-state index contributed by atoms with van der Waals surface area (Å²) in [6, 6.07) is 8.27. The second-order valence-electron chi connectivity index (χ2n) is 21.6. The Kier molecular flexibility index (Phi) is 9.78. The van der Waals surface area contributed by atoms with Crippen LogP contribution >= 0.6 is 0 Å². The number of anilines is 1. The van der Waals surface area contributed by atoms with Crippen molar-refractivity contribution >= 4 is 41.2 Å². The van der Waals surface area contributed by atoms with Crippen molar-refractivity contribution < 1.29 is 28.5 Å². The van der Waals surface area contributed by atoms with E-state index in [1.54, 1.807) is 6.92 Å². The lowest BCUT2D eigenvalue weighted by Gasteiger charge is -2.70. The molecule has 4 saturated carbocycles. The van der Waals surface area contributed by atoms with Crippen molar-refractivity contribution in [3.63, 3.8) is 0 Å². The van der Waals surface area contributed by atoms with Crippen LogP contribution in [0, 0.1) is 50.7 Å². The number of fused-ring (bicyclic) bond motifs is 10. The number of carbonyl (C=O) groups excluding carboxylic acids is 4. The molecule has 0 radical (unpaired) electrons. The van der Waals surface area contributed by atoms with Crippen molar-refractivity contribution in [2.45, 2.75) is 126 Å². The summed E-state index contributed by atoms with van der Waals surface area (Å²) in [5.74, 6) is 1.64. The fourth-order valence-electron chi connectivity index (χ4n) is 15.4. The molecule has 0 unspecified atom stereocenters. The fraction of sp³-hybridized carbons (Fsp3) is 0.700. The zero-order chi connectivity index (χ0) is 42.8. The van der Waals surface area contributed by atoms with Gasteiger partial charge >= 0.3 is 5.97 Å². The molecule has 8 aliphatic rings. The Morgan fingerprint density at radius 3 is 2.22 bits per heavy atom. The third kappa shape index (κ3) is 5.69. The van der Waals surface area contributed by atoms with Crippen LogP contribution in [0.25, 0.3) is 6.08 Å². The van der Waals surface area contributed by atoms with Crippen LogP contribution in [0.3, 0.4) is 0 Å². The SMILES string of the molecule is CC[N+]1(CC)CN2C(=N1)C(C(=O)N1CCN(C(=O)[C@]34CC[C@@H](C(C)=O)[C@@H]3C3=CC[C@@H]5[C@@]6(C)CC[C@H](OC(C)=O)C(C)(C)[C@@H]6CC[C@@]5(C)[C@]3(C)CC4)CC1)=Cc1ccccc12. The highest BCUT2D eigenvalue weighted by Gasteiger charge is 2.71. The molecule has 1 aromatic carbocycles. The van der Waals surface area contributed by atoms with Gasteiger partial charge in [-0.1, -0.05) is 69.6 Å². The van der Waals surface area contributed by atoms with E-state index in [0.717, 1.165) is 88.0 Å². The summed E-state index contributed by atoms with van der Waals surface area (Å²) in [4.78, 5) is 61.8. The summed E-state index contributed by atoms with van der Waals surface area (Å²) in [5, 5.41) is 5.20. The highest BCUT2D eigenvalue weighted by Crippen LogP contribution is 2.76. The Bertz CT molecular complexity index is 2090. The minimum atomic E-state index is -0.599. The van der Waals surface area contributed by atoms with Crippen molar-refractivity contribution in [1.82, 2.24) is 9.80 Å². The van der Waals surface area contributed by atoms with Gasteiger partial charge in [-0.25, -0.2) is 0 Å². The second-order valence-corrected chi connectivity index (χ2v) is 21.6. The first-order valence-corrected chi connectivity index (χ1v) is 23.4. The van der Waals surface area contributed by atoms with Crippen molar-refractivity contribution in [3.8, 4) is 0 Å². The Hall–Kier alpha value is -3.79. The predicted molar refractivity (Wildman–Crippen MR) is 234 cm³/mol. The first-order valence-electron chi connectivity index (χ1n) is 23.4. The molecule has 3 heterocycles. The Balaban J connectivity index is 0.970. The van der Waals surface area contributed by atoms with Crippen LogP contribution in [-0.2, 0) is 23.9 Å². The fourth-order valence-corrected chi connectivity index (χ4v) is 15.4. The number of benzene rings is 1. The molecule has 0 aromatic heterocycles. The van der Waals surface area contributed by atoms with E-state index >= 15 is 4.79 Å². The number of amides is 2. The van der Waals surface area contributed by atoms with Crippen molar-refractivity contribution in [2.24, 2.45) is 55.8 Å². The number of allylic oxidation sites excluding steroid dienone is 2. The minimum Gasteiger partial charge on any atom is -0.462 e. The zero-order valence-electron chi connectivity index (χ0n) is 37.9. The zero-order valence-corrected chi connectivity index (χ0v) is 37.9. The van der Waals surface area contributed by atoms with Gasteiger partial charge in [-0.15, -0.1) is 0 Å². The number of rotatable bonds is 6. The van der Waals surface area contributed by atoms with Gasteiger partial charge in [0.05, 0.1) is 16.7 Å². The number of amidine groups is 1. The number of nitrogens with zero attached hydrogens (tertiary/aromatic N) is 5. The number of para-hydroxylation sites is 1. The lowest BCUT2D eigenvalue weighted by atomic mass is 9.34. The summed E-state index contributed by atoms with van der Waals surface area (Å²) < 4.78 is 6.53. The van der Waals surface area contributed by atoms with E-state index in [1.165, 1.54) is 12.5 Å². The molecule has 0 bridgehead atoms. The van der Waals surface area contributed by atoms with Gasteiger partial charge in [-0.05, 0) is 124 Å². The molecule has 2 amide bonds. The van der Waals surface area contributed by atoms with Gasteiger partial charge < -0.3 is 14.5 Å². The molecule has 1 saturated heterocycles. The molecule has 0 spiro atoms. The van der Waals surface area contributed by atoms with Gasteiger partial charge in [-0.3, -0.25) is 24.1 Å². The summed E-state index contributed by atoms with van der Waals surface area (Å²) in [7, 11) is 0. The molecule has 0 N–H and O–H groups in total. The van der Waals surface area contributed by atoms with E-state index in [4.69, 9.17) is 9.84 Å². The Morgan fingerprint density at radius 1 is 0.833 bits per heavy atom. The number of hydrogen-bond donors (Lipinski definition) is 0. The molecule has 1 aromatic rings. The lowest BCUT2D eigenvalue weighted by molar-refractivity contribution is -0.925. The third-order valence-corrected chi connectivity index (χ3v) is 19.0. The normalized spacial score (nSPS) is 38.5. The van der Waals surface area contributed by atoms with Crippen molar-refractivity contribution in [1.29, 1.82) is 0 Å². The Morgan fingerprint density at radius 2 is 1.53 bits per heavy atom. The van der Waals surface area contributed by atoms with Gasteiger partial charge in [-0.2, -0.15) is 4.59 Å². The van der Waals surface area contributed by atoms with E-state index in [0.29, 0.717) is 54.8 Å². The van der Waals surface area contributed by atoms with Gasteiger partial charge in [0.15, 0.2) is 6.67 Å². The van der Waals surface area contributed by atoms with Gasteiger partial charge in [0.2, 0.25) is 11.7 Å². The maximum Gasteiger partial charge on any atom is 0.302 e. The van der Waals surface area contributed by atoms with Crippen LogP contribution in [0.1, 0.15) is 126 Å². The maximum absolute atomic E-state index is 15.3. The van der Waals surface area contributed by atoms with Crippen molar-refractivity contribution in [2.75, 3.05) is 50.8 Å². The molecule has 3 aliphatic heterocycles. The highest BCUT2D eigenvalue weighted by atomic mass is 16.5. The number of ketones is 1. The van der Waals surface area contributed by atoms with Crippen LogP contribution in [0.5, 0.6) is 0 Å². The first-order chi connectivity index (χ1) is 28.4. The monoisotopic (exact) mass is 821 g/mol. The summed E-state index contributed by atoms with van der Waals surface area (Å²) >= 11 is 0. The Labute approximate surface area is 358 Å². The number of hydrogen-bond acceptors (Lipinski definition) is 7. The first kappa shape index (κ1) is 41.6. The molecular formula is C50H70N5O5+. The van der Waals surface area contributed by atoms with Gasteiger partial charge in [0.25, 0.3) is 5.91 Å². The summed E-state index contributed by atoms with van der Waals surface area (Å²) in [6.45, 7) is 24.2. The second kappa shape index (κ2) is 14.1. The topological polar surface area (TPSA) is 99.6 Å². The van der Waals surface area contributed by atoms with Gasteiger partial charge in [0.1, 0.15) is 25.0 Å². The van der Waals surface area contributed by atoms with E-state index in [2.05, 4.69) is 71.6 Å². The van der Waals surface area contributed by atoms with E-state index in [1.807, 2.05) is 28.0 Å². The minimum absolute atomic E-state index is 0.0173. The third-order valence-electron chi connectivity index (χ3n) is 19.0. The molecule has 10 heteroatoms. The highest BCUT2D eigenvalue weighted by molar-refractivity contribution is 6.31. The molecule has 324 valence electrons. The van der Waals surface area contributed by atoms with Crippen molar-refractivity contribution in [3.05, 3.63) is 47.1 Å². The maximum atomic E-state index is 15.3. The van der Waals surface area contributed by atoms with E-state index < -0.39 is 5.41 Å². The number of ether oxygens (including phenoxy) is 1. The smallest absolute Gasteiger partial charge is 0.302 e. The molecule has 60 heavy (non-hydrogen) atoms. The van der Waals surface area contributed by atoms with Crippen LogP contribution in [0.15, 0.2) is 46.6 Å². The molecule has 5 fully saturated rings. The van der Waals surface area contributed by atoms with Gasteiger partial charge in [0, 0.05) is 50.4 Å². The van der Waals surface area contributed by atoms with Crippen LogP contribution in [-0.4, -0.2) is 95.8 Å². The average Bonchev–Trinajstić information content (AvgIpc) is 3.83. The lowest BCUT2D eigenvalue weighted by Crippen LogP contribution is -2.65. The number of Topliss-reactive ketones (excluding diaryl/α,β-unsaturated/α-hetero) is 1.